The first-order valence-corrected chi connectivity index (χ1v) is 7.80. The van der Waals surface area contributed by atoms with Crippen molar-refractivity contribution < 1.29 is 23.8 Å². The fraction of sp³-hybridized carbons (Fsp3) is 0.176. The van der Waals surface area contributed by atoms with E-state index in [1.54, 1.807) is 43.5 Å². The van der Waals surface area contributed by atoms with Crippen LogP contribution in [0.15, 0.2) is 46.9 Å². The molecular formula is C17H16BrNO5. The maximum Gasteiger partial charge on any atom is 0.344 e. The van der Waals surface area contributed by atoms with Crippen LogP contribution < -0.4 is 15.2 Å². The van der Waals surface area contributed by atoms with Crippen molar-refractivity contribution in [3.05, 3.63) is 58.1 Å². The lowest BCUT2D eigenvalue weighted by molar-refractivity contribution is -0.147. The molecule has 2 aromatic rings. The molecular weight excluding hydrogens is 378 g/mol. The summed E-state index contributed by atoms with van der Waals surface area (Å²) in [4.78, 5) is 23.1. The third kappa shape index (κ3) is 4.73. The summed E-state index contributed by atoms with van der Waals surface area (Å²) in [5.74, 6) is -0.242. The van der Waals surface area contributed by atoms with E-state index in [-0.39, 0.29) is 24.5 Å². The Bertz CT molecular complexity index is 748. The van der Waals surface area contributed by atoms with E-state index in [9.17, 15) is 9.59 Å². The van der Waals surface area contributed by atoms with E-state index in [0.29, 0.717) is 5.75 Å². The molecule has 126 valence electrons. The van der Waals surface area contributed by atoms with E-state index in [2.05, 4.69) is 15.9 Å². The van der Waals surface area contributed by atoms with Gasteiger partial charge in [-0.1, -0.05) is 18.2 Å². The highest BCUT2D eigenvalue weighted by atomic mass is 79.9. The van der Waals surface area contributed by atoms with E-state index < -0.39 is 11.9 Å². The number of benzene rings is 2. The number of para-hydroxylation sites is 1. The molecule has 0 radical (unpaired) electrons. The fourth-order valence-electron chi connectivity index (χ4n) is 1.94. The summed E-state index contributed by atoms with van der Waals surface area (Å²) in [5.41, 5.74) is 6.26. The third-order valence-electron chi connectivity index (χ3n) is 3.11. The second-order valence-electron chi connectivity index (χ2n) is 4.78. The Labute approximate surface area is 147 Å². The zero-order valence-electron chi connectivity index (χ0n) is 13.0. The Morgan fingerprint density at radius 3 is 2.54 bits per heavy atom. The topological polar surface area (TPSA) is 87.8 Å². The minimum Gasteiger partial charge on any atom is -0.496 e. The number of amides is 1. The largest absolute Gasteiger partial charge is 0.496 e. The molecule has 0 aliphatic heterocycles. The molecule has 0 spiro atoms. The van der Waals surface area contributed by atoms with Crippen LogP contribution in [0.3, 0.4) is 0 Å². The zero-order valence-corrected chi connectivity index (χ0v) is 14.5. The van der Waals surface area contributed by atoms with Crippen LogP contribution in [0.2, 0.25) is 0 Å². The summed E-state index contributed by atoms with van der Waals surface area (Å²) in [6, 6.07) is 11.8. The van der Waals surface area contributed by atoms with E-state index >= 15 is 0 Å². The molecule has 7 heteroatoms. The molecule has 2 rings (SSSR count). The van der Waals surface area contributed by atoms with Crippen molar-refractivity contribution in [2.24, 2.45) is 5.73 Å². The van der Waals surface area contributed by atoms with Crippen LogP contribution in [0.25, 0.3) is 0 Å². The summed E-state index contributed by atoms with van der Waals surface area (Å²) in [5, 5.41) is 0. The van der Waals surface area contributed by atoms with Crippen LogP contribution in [0.5, 0.6) is 11.5 Å². The predicted molar refractivity (Wildman–Crippen MR) is 90.9 cm³/mol. The molecule has 6 nitrogen and oxygen atoms in total. The standard InChI is InChI=1S/C17H16BrNO5/c1-22-15-7-6-11(8-13(15)18)9-24-16(20)10-23-14-5-3-2-4-12(14)17(19)21/h2-8H,9-10H2,1H3,(H2,19,21). The summed E-state index contributed by atoms with van der Waals surface area (Å²) in [7, 11) is 1.57. The van der Waals surface area contributed by atoms with Gasteiger partial charge in [-0.25, -0.2) is 4.79 Å². The summed E-state index contributed by atoms with van der Waals surface area (Å²) in [6.07, 6.45) is 0. The van der Waals surface area contributed by atoms with Gasteiger partial charge in [-0.15, -0.1) is 0 Å². The van der Waals surface area contributed by atoms with Gasteiger partial charge in [0.25, 0.3) is 5.91 Å². The second kappa shape index (κ2) is 8.35. The summed E-state index contributed by atoms with van der Waals surface area (Å²) < 4.78 is 16.3. The lowest BCUT2D eigenvalue weighted by atomic mass is 10.2. The molecule has 0 aliphatic carbocycles. The molecule has 2 aromatic carbocycles. The van der Waals surface area contributed by atoms with Crippen molar-refractivity contribution in [2.45, 2.75) is 6.61 Å². The molecule has 24 heavy (non-hydrogen) atoms. The first-order valence-electron chi connectivity index (χ1n) is 7.01. The number of esters is 1. The number of rotatable bonds is 7. The number of primary amides is 1. The molecule has 0 atom stereocenters. The van der Waals surface area contributed by atoms with Gasteiger partial charge in [0.15, 0.2) is 6.61 Å². The number of methoxy groups -OCH3 is 1. The van der Waals surface area contributed by atoms with Gasteiger partial charge < -0.3 is 19.9 Å². The first-order chi connectivity index (χ1) is 11.5. The number of carbonyl (C=O) groups is 2. The van der Waals surface area contributed by atoms with Gasteiger partial charge in [-0.2, -0.15) is 0 Å². The van der Waals surface area contributed by atoms with Crippen LogP contribution in [0.4, 0.5) is 0 Å². The lowest BCUT2D eigenvalue weighted by Gasteiger charge is -2.10. The Morgan fingerprint density at radius 1 is 1.12 bits per heavy atom. The van der Waals surface area contributed by atoms with Crippen LogP contribution >= 0.6 is 15.9 Å². The van der Waals surface area contributed by atoms with Crippen molar-refractivity contribution in [2.75, 3.05) is 13.7 Å². The van der Waals surface area contributed by atoms with Gasteiger partial charge in [0.2, 0.25) is 0 Å². The number of ether oxygens (including phenoxy) is 3. The van der Waals surface area contributed by atoms with E-state index in [4.69, 9.17) is 19.9 Å². The van der Waals surface area contributed by atoms with Crippen molar-refractivity contribution in [3.8, 4) is 11.5 Å². The minimum absolute atomic E-state index is 0.0995. The zero-order chi connectivity index (χ0) is 17.5. The van der Waals surface area contributed by atoms with Crippen molar-refractivity contribution in [1.29, 1.82) is 0 Å². The van der Waals surface area contributed by atoms with E-state index in [0.717, 1.165) is 10.0 Å². The average Bonchev–Trinajstić information content (AvgIpc) is 2.58. The molecule has 0 aromatic heterocycles. The normalized spacial score (nSPS) is 10.1. The number of carbonyl (C=O) groups excluding carboxylic acids is 2. The summed E-state index contributed by atoms with van der Waals surface area (Å²) >= 11 is 3.36. The quantitative estimate of drug-likeness (QED) is 0.730. The van der Waals surface area contributed by atoms with Gasteiger partial charge in [-0.05, 0) is 45.8 Å². The number of nitrogens with two attached hydrogens (primary N) is 1. The highest BCUT2D eigenvalue weighted by Gasteiger charge is 2.11. The molecule has 1 amide bonds. The number of halogens is 1. The van der Waals surface area contributed by atoms with Crippen molar-refractivity contribution >= 4 is 27.8 Å². The fourth-order valence-corrected chi connectivity index (χ4v) is 2.53. The number of hydrogen-bond donors (Lipinski definition) is 1. The maximum atomic E-state index is 11.8. The molecule has 2 N–H and O–H groups in total. The maximum absolute atomic E-state index is 11.8. The average molecular weight is 394 g/mol. The van der Waals surface area contributed by atoms with Crippen LogP contribution in [0, 0.1) is 0 Å². The number of hydrogen-bond acceptors (Lipinski definition) is 5. The van der Waals surface area contributed by atoms with Gasteiger partial charge >= 0.3 is 5.97 Å². The van der Waals surface area contributed by atoms with Gasteiger partial charge in [0.1, 0.15) is 18.1 Å². The first kappa shape index (κ1) is 17.8. The molecule has 0 saturated heterocycles. The Morgan fingerprint density at radius 2 is 1.88 bits per heavy atom. The van der Waals surface area contributed by atoms with Gasteiger partial charge in [-0.3, -0.25) is 4.79 Å². The molecule has 0 aliphatic rings. The highest BCUT2D eigenvalue weighted by molar-refractivity contribution is 9.10. The highest BCUT2D eigenvalue weighted by Crippen LogP contribution is 2.25. The van der Waals surface area contributed by atoms with E-state index in [1.165, 1.54) is 6.07 Å². The molecule has 0 saturated carbocycles. The Balaban J connectivity index is 1.88. The van der Waals surface area contributed by atoms with Gasteiger partial charge in [0, 0.05) is 0 Å². The monoisotopic (exact) mass is 393 g/mol. The summed E-state index contributed by atoms with van der Waals surface area (Å²) in [6.45, 7) is -0.218. The minimum atomic E-state index is -0.623. The van der Waals surface area contributed by atoms with Crippen molar-refractivity contribution in [1.82, 2.24) is 0 Å². The third-order valence-corrected chi connectivity index (χ3v) is 3.73. The van der Waals surface area contributed by atoms with Crippen LogP contribution in [-0.2, 0) is 16.1 Å². The molecule has 0 heterocycles. The van der Waals surface area contributed by atoms with E-state index in [1.807, 2.05) is 0 Å². The van der Waals surface area contributed by atoms with Crippen LogP contribution in [0.1, 0.15) is 15.9 Å². The van der Waals surface area contributed by atoms with Crippen LogP contribution in [-0.4, -0.2) is 25.6 Å². The van der Waals surface area contributed by atoms with Crippen molar-refractivity contribution in [3.63, 3.8) is 0 Å². The molecule has 0 bridgehead atoms. The van der Waals surface area contributed by atoms with Gasteiger partial charge in [0.05, 0.1) is 17.1 Å². The Hall–Kier alpha value is -2.54. The molecule has 0 fully saturated rings. The predicted octanol–water partition coefficient (Wildman–Crippen LogP) is 2.68. The second-order valence-corrected chi connectivity index (χ2v) is 5.63. The lowest BCUT2D eigenvalue weighted by Crippen LogP contribution is -2.18. The molecule has 0 unspecified atom stereocenters. The SMILES string of the molecule is COc1ccc(COC(=O)COc2ccccc2C(N)=O)cc1Br. The Kier molecular flexibility index (Phi) is 6.20. The smallest absolute Gasteiger partial charge is 0.344 e.